The number of fused-ring (bicyclic) bond motifs is 1. The van der Waals surface area contributed by atoms with Gasteiger partial charge < -0.3 is 25.2 Å². The van der Waals surface area contributed by atoms with Crippen molar-refractivity contribution in [2.24, 2.45) is 0 Å². The molecule has 0 aliphatic carbocycles. The van der Waals surface area contributed by atoms with Crippen LogP contribution >= 0.6 is 0 Å². The Morgan fingerprint density at radius 1 is 1.11 bits per heavy atom. The van der Waals surface area contributed by atoms with Gasteiger partial charge in [-0.25, -0.2) is 9.97 Å². The molecule has 2 aromatic carbocycles. The molecule has 11 nitrogen and oxygen atoms in total. The monoisotopic (exact) mass is 487 g/mol. The summed E-state index contributed by atoms with van der Waals surface area (Å²) >= 11 is 0. The second-order valence-corrected chi connectivity index (χ2v) is 8.36. The number of anilines is 4. The van der Waals surface area contributed by atoms with Crippen molar-refractivity contribution in [3.8, 4) is 11.6 Å². The maximum absolute atomic E-state index is 12.2. The number of methoxy groups -OCH3 is 1. The first kappa shape index (κ1) is 24.6. The molecule has 4 rings (SSSR count). The maximum Gasteiger partial charge on any atom is 0.247 e. The first-order chi connectivity index (χ1) is 17.4. The highest BCUT2D eigenvalue weighted by Gasteiger charge is 2.17. The topological polar surface area (TPSA) is 113 Å². The van der Waals surface area contributed by atoms with Crippen molar-refractivity contribution >= 4 is 39.8 Å². The minimum atomic E-state index is -0.309. The Hall–Kier alpha value is -4.51. The molecule has 36 heavy (non-hydrogen) atoms. The molecule has 11 heteroatoms. The molecule has 0 fully saturated rings. The van der Waals surface area contributed by atoms with Crippen LogP contribution in [-0.4, -0.2) is 77.1 Å². The van der Waals surface area contributed by atoms with Gasteiger partial charge in [-0.05, 0) is 38.4 Å². The molecule has 4 aromatic rings. The summed E-state index contributed by atoms with van der Waals surface area (Å²) in [6, 6.07) is 13.1. The number of rotatable bonds is 10. The number of hydrogen-bond acceptors (Lipinski definition) is 9. The molecule has 2 heterocycles. The van der Waals surface area contributed by atoms with Gasteiger partial charge >= 0.3 is 0 Å². The fourth-order valence-electron chi connectivity index (χ4n) is 3.61. The Balaban J connectivity index is 1.69. The summed E-state index contributed by atoms with van der Waals surface area (Å²) in [5.74, 6) is 1.36. The second kappa shape index (κ2) is 10.8. The van der Waals surface area contributed by atoms with Gasteiger partial charge in [0.1, 0.15) is 23.4 Å². The van der Waals surface area contributed by atoms with Gasteiger partial charge in [0.2, 0.25) is 5.91 Å². The van der Waals surface area contributed by atoms with Crippen LogP contribution in [0.1, 0.15) is 0 Å². The molecular formula is C25H29N9O2. The number of carbonyl (C=O) groups is 1. The first-order valence-electron chi connectivity index (χ1n) is 11.3. The molecule has 2 aromatic heterocycles. The summed E-state index contributed by atoms with van der Waals surface area (Å²) in [4.78, 5) is 25.0. The highest BCUT2D eigenvalue weighted by atomic mass is 16.5. The zero-order valence-electron chi connectivity index (χ0n) is 20.8. The number of ether oxygens (including phenoxy) is 1. The second-order valence-electron chi connectivity index (χ2n) is 8.36. The van der Waals surface area contributed by atoms with Gasteiger partial charge in [-0.1, -0.05) is 23.9 Å². The van der Waals surface area contributed by atoms with Crippen molar-refractivity contribution < 1.29 is 9.53 Å². The standard InChI is InChI=1S/C25H29N9O2/c1-6-25(35)29-18-13-19(22(36-5)14-21(18)33(4)12-11-32(2)3)28-23-15-24(27-16-26-23)34-20-10-8-7-9-17(20)30-31-34/h6-10,13-16H,1,11-12H2,2-5H3,(H,29,35)(H,26,27,28). The quantitative estimate of drug-likeness (QED) is 0.326. The number of likely N-dealkylation sites (N-methyl/N-ethyl adjacent to an activating group) is 2. The fourth-order valence-corrected chi connectivity index (χ4v) is 3.61. The molecule has 0 aliphatic rings. The van der Waals surface area contributed by atoms with E-state index in [9.17, 15) is 4.79 Å². The lowest BCUT2D eigenvalue weighted by molar-refractivity contribution is -0.111. The molecule has 0 saturated carbocycles. The summed E-state index contributed by atoms with van der Waals surface area (Å²) in [7, 11) is 7.59. The number of benzene rings is 2. The van der Waals surface area contributed by atoms with Gasteiger partial charge in [0.25, 0.3) is 0 Å². The third-order valence-corrected chi connectivity index (χ3v) is 5.54. The SMILES string of the molecule is C=CC(=O)Nc1cc(Nc2cc(-n3nnc4ccccc43)ncn2)c(OC)cc1N(C)CCN(C)C. The number of para-hydroxylation sites is 1. The van der Waals surface area contributed by atoms with Crippen molar-refractivity contribution in [2.75, 3.05) is 56.9 Å². The van der Waals surface area contributed by atoms with E-state index in [1.165, 1.54) is 12.4 Å². The largest absolute Gasteiger partial charge is 0.494 e. The van der Waals surface area contributed by atoms with Crippen LogP contribution in [0.15, 0.2) is 61.4 Å². The van der Waals surface area contributed by atoms with Crippen LogP contribution in [0.5, 0.6) is 5.75 Å². The minimum absolute atomic E-state index is 0.309. The summed E-state index contributed by atoms with van der Waals surface area (Å²) in [5.41, 5.74) is 3.64. The first-order valence-corrected chi connectivity index (χ1v) is 11.3. The van der Waals surface area contributed by atoms with Gasteiger partial charge in [-0.15, -0.1) is 5.10 Å². The summed E-state index contributed by atoms with van der Waals surface area (Å²) in [6.45, 7) is 5.16. The lowest BCUT2D eigenvalue weighted by atomic mass is 10.2. The van der Waals surface area contributed by atoms with Crippen molar-refractivity contribution in [3.63, 3.8) is 0 Å². The summed E-state index contributed by atoms with van der Waals surface area (Å²) in [6.07, 6.45) is 2.68. The van der Waals surface area contributed by atoms with E-state index in [1.54, 1.807) is 17.9 Å². The molecular weight excluding hydrogens is 458 g/mol. The average molecular weight is 488 g/mol. The van der Waals surface area contributed by atoms with E-state index in [1.807, 2.05) is 57.5 Å². The van der Waals surface area contributed by atoms with Crippen molar-refractivity contribution in [1.82, 2.24) is 29.9 Å². The normalized spacial score (nSPS) is 10.9. The number of nitrogens with zero attached hydrogens (tertiary/aromatic N) is 7. The van der Waals surface area contributed by atoms with Gasteiger partial charge in [-0.3, -0.25) is 4.79 Å². The van der Waals surface area contributed by atoms with Gasteiger partial charge in [-0.2, -0.15) is 4.68 Å². The van der Waals surface area contributed by atoms with E-state index < -0.39 is 0 Å². The van der Waals surface area contributed by atoms with Crippen LogP contribution < -0.4 is 20.3 Å². The molecule has 0 aliphatic heterocycles. The summed E-state index contributed by atoms with van der Waals surface area (Å²) < 4.78 is 7.33. The van der Waals surface area contributed by atoms with E-state index in [0.717, 1.165) is 29.8 Å². The molecule has 2 N–H and O–H groups in total. The molecule has 1 amide bonds. The van der Waals surface area contributed by atoms with Crippen LogP contribution in [0.3, 0.4) is 0 Å². The van der Waals surface area contributed by atoms with Crippen LogP contribution in [0.25, 0.3) is 16.9 Å². The minimum Gasteiger partial charge on any atom is -0.494 e. The number of amides is 1. The molecule has 0 atom stereocenters. The van der Waals surface area contributed by atoms with Crippen molar-refractivity contribution in [2.45, 2.75) is 0 Å². The Morgan fingerprint density at radius 2 is 1.92 bits per heavy atom. The van der Waals surface area contributed by atoms with Crippen LogP contribution in [0.2, 0.25) is 0 Å². The zero-order chi connectivity index (χ0) is 25.7. The van der Waals surface area contributed by atoms with Crippen molar-refractivity contribution in [3.05, 3.63) is 61.4 Å². The lowest BCUT2D eigenvalue weighted by Gasteiger charge is -2.26. The number of hydrogen-bond donors (Lipinski definition) is 2. The maximum atomic E-state index is 12.2. The van der Waals surface area contributed by atoms with Crippen LogP contribution in [0, 0.1) is 0 Å². The molecule has 0 unspecified atom stereocenters. The highest BCUT2D eigenvalue weighted by molar-refractivity contribution is 6.02. The molecule has 186 valence electrons. The van der Waals surface area contributed by atoms with E-state index in [4.69, 9.17) is 4.74 Å². The molecule has 0 radical (unpaired) electrons. The summed E-state index contributed by atoms with van der Waals surface area (Å²) in [5, 5.41) is 14.6. The Kier molecular flexibility index (Phi) is 7.40. The van der Waals surface area contributed by atoms with Gasteiger partial charge in [0.15, 0.2) is 5.82 Å². The average Bonchev–Trinajstić information content (AvgIpc) is 3.32. The number of carbonyl (C=O) groups excluding carboxylic acids is 1. The van der Waals surface area contributed by atoms with Gasteiger partial charge in [0, 0.05) is 32.3 Å². The Morgan fingerprint density at radius 3 is 2.67 bits per heavy atom. The molecule has 0 spiro atoms. The van der Waals surface area contributed by atoms with Crippen molar-refractivity contribution in [1.29, 1.82) is 0 Å². The molecule has 0 saturated heterocycles. The smallest absolute Gasteiger partial charge is 0.247 e. The van der Waals surface area contributed by atoms with Crippen LogP contribution in [0.4, 0.5) is 22.9 Å². The lowest BCUT2D eigenvalue weighted by Crippen LogP contribution is -2.29. The third-order valence-electron chi connectivity index (χ3n) is 5.54. The van der Waals surface area contributed by atoms with E-state index in [2.05, 4.69) is 47.3 Å². The predicted octanol–water partition coefficient (Wildman–Crippen LogP) is 3.09. The van der Waals surface area contributed by atoms with E-state index >= 15 is 0 Å². The Labute approximate surface area is 209 Å². The number of aromatic nitrogens is 5. The Bertz CT molecular complexity index is 1380. The van der Waals surface area contributed by atoms with Crippen LogP contribution in [-0.2, 0) is 4.79 Å². The van der Waals surface area contributed by atoms with E-state index in [-0.39, 0.29) is 5.91 Å². The third kappa shape index (κ3) is 5.41. The van der Waals surface area contributed by atoms with E-state index in [0.29, 0.717) is 28.8 Å². The van der Waals surface area contributed by atoms with Gasteiger partial charge in [0.05, 0.1) is 29.7 Å². The fraction of sp³-hybridized carbons (Fsp3) is 0.240. The molecule has 0 bridgehead atoms. The predicted molar refractivity (Wildman–Crippen MR) is 141 cm³/mol. The zero-order valence-corrected chi connectivity index (χ0v) is 20.8. The number of nitrogens with one attached hydrogen (secondary N) is 2. The highest BCUT2D eigenvalue weighted by Crippen LogP contribution is 2.38.